The number of hydrogen-bond acceptors (Lipinski definition) is 3. The fourth-order valence-corrected chi connectivity index (χ4v) is 7.54. The van der Waals surface area contributed by atoms with Crippen molar-refractivity contribution in [3.05, 3.63) is 169 Å². The summed E-state index contributed by atoms with van der Waals surface area (Å²) in [6, 6.07) is 53.4. The third-order valence-corrected chi connectivity index (χ3v) is 9.86. The van der Waals surface area contributed by atoms with Gasteiger partial charge in [-0.1, -0.05) is 121 Å². The summed E-state index contributed by atoms with van der Waals surface area (Å²) in [5.41, 5.74) is 11.3. The van der Waals surface area contributed by atoms with Crippen molar-refractivity contribution >= 4 is 38.8 Å². The zero-order valence-corrected chi connectivity index (χ0v) is 27.2. The molecule has 9 aromatic rings. The predicted octanol–water partition coefficient (Wildman–Crippen LogP) is 10.9. The van der Waals surface area contributed by atoms with Crippen LogP contribution < -0.4 is 0 Å². The van der Waals surface area contributed by atoms with Crippen LogP contribution in [0.2, 0.25) is 0 Å². The van der Waals surface area contributed by atoms with Crippen LogP contribution in [0.4, 0.5) is 0 Å². The SMILES string of the molecule is C1=Cc2c(c3ccc(-c4ccc5c(c4)c4ccccc4n5-c4ccccc4)cc3n2-c2nc(-c3ccccc3)nc(-c3ccccc3)n2)CC1. The van der Waals surface area contributed by atoms with Gasteiger partial charge in [0.05, 0.1) is 22.2 Å². The quantitative estimate of drug-likeness (QED) is 0.188. The average Bonchev–Trinajstić information content (AvgIpc) is 3.71. The summed E-state index contributed by atoms with van der Waals surface area (Å²) < 4.78 is 4.60. The second-order valence-electron chi connectivity index (χ2n) is 12.8. The van der Waals surface area contributed by atoms with E-state index in [-0.39, 0.29) is 0 Å². The molecule has 5 heteroatoms. The van der Waals surface area contributed by atoms with Crippen molar-refractivity contribution in [2.24, 2.45) is 0 Å². The normalized spacial score (nSPS) is 12.6. The largest absolute Gasteiger partial charge is 0.309 e. The Morgan fingerprint density at radius 2 is 1.06 bits per heavy atom. The molecule has 0 bridgehead atoms. The number of aromatic nitrogens is 5. The number of rotatable bonds is 5. The number of nitrogens with zero attached hydrogens (tertiary/aromatic N) is 5. The second kappa shape index (κ2) is 11.5. The van der Waals surface area contributed by atoms with Crippen LogP contribution in [0.15, 0.2) is 158 Å². The molecule has 3 heterocycles. The first-order chi connectivity index (χ1) is 24.8. The molecular weight excluding hydrogens is 611 g/mol. The van der Waals surface area contributed by atoms with Crippen LogP contribution in [0, 0.1) is 0 Å². The van der Waals surface area contributed by atoms with Gasteiger partial charge in [-0.15, -0.1) is 0 Å². The summed E-state index contributed by atoms with van der Waals surface area (Å²) in [5.74, 6) is 1.93. The summed E-state index contributed by atoms with van der Waals surface area (Å²) in [6.07, 6.45) is 6.48. The molecule has 0 saturated heterocycles. The number of benzene rings is 6. The minimum Gasteiger partial charge on any atom is -0.309 e. The predicted molar refractivity (Wildman–Crippen MR) is 205 cm³/mol. The molecule has 0 saturated carbocycles. The van der Waals surface area contributed by atoms with E-state index in [1.165, 1.54) is 38.3 Å². The van der Waals surface area contributed by atoms with Crippen molar-refractivity contribution < 1.29 is 0 Å². The van der Waals surface area contributed by atoms with Crippen LogP contribution in [0.3, 0.4) is 0 Å². The van der Waals surface area contributed by atoms with Gasteiger partial charge in [-0.3, -0.25) is 4.57 Å². The zero-order valence-electron chi connectivity index (χ0n) is 27.2. The van der Waals surface area contributed by atoms with Crippen LogP contribution >= 0.6 is 0 Å². The number of allylic oxidation sites excluding steroid dienone is 1. The Kier molecular flexibility index (Phi) is 6.56. The molecule has 0 fully saturated rings. The lowest BCUT2D eigenvalue weighted by Gasteiger charge is -2.13. The van der Waals surface area contributed by atoms with Crippen molar-refractivity contribution in [3.8, 4) is 45.5 Å². The van der Waals surface area contributed by atoms with Gasteiger partial charge in [0, 0.05) is 33.0 Å². The Morgan fingerprint density at radius 3 is 1.80 bits per heavy atom. The summed E-state index contributed by atoms with van der Waals surface area (Å²) in [6.45, 7) is 0. The molecule has 1 aliphatic carbocycles. The van der Waals surface area contributed by atoms with E-state index in [4.69, 9.17) is 15.0 Å². The van der Waals surface area contributed by atoms with Crippen LogP contribution in [0.5, 0.6) is 0 Å². The molecule has 10 rings (SSSR count). The maximum atomic E-state index is 5.14. The van der Waals surface area contributed by atoms with Crippen LogP contribution in [-0.2, 0) is 6.42 Å². The third kappa shape index (κ3) is 4.59. The molecule has 6 aromatic carbocycles. The Balaban J connectivity index is 1.19. The highest BCUT2D eigenvalue weighted by atomic mass is 15.2. The number of aryl methyl sites for hydroxylation is 1. The molecule has 0 aliphatic heterocycles. The summed E-state index contributed by atoms with van der Waals surface area (Å²) in [4.78, 5) is 15.2. The van der Waals surface area contributed by atoms with Crippen molar-refractivity contribution in [3.63, 3.8) is 0 Å². The van der Waals surface area contributed by atoms with E-state index in [9.17, 15) is 0 Å². The van der Waals surface area contributed by atoms with Gasteiger partial charge in [0.1, 0.15) is 0 Å². The number of para-hydroxylation sites is 2. The fraction of sp³-hybridized carbons (Fsp3) is 0.0444. The van der Waals surface area contributed by atoms with Gasteiger partial charge in [0.25, 0.3) is 0 Å². The molecule has 3 aromatic heterocycles. The molecule has 0 N–H and O–H groups in total. The third-order valence-electron chi connectivity index (χ3n) is 9.86. The Hall–Kier alpha value is -6.59. The van der Waals surface area contributed by atoms with Crippen LogP contribution in [0.25, 0.3) is 84.3 Å². The highest BCUT2D eigenvalue weighted by molar-refractivity contribution is 6.10. The zero-order chi connectivity index (χ0) is 33.0. The fourth-order valence-electron chi connectivity index (χ4n) is 7.54. The lowest BCUT2D eigenvalue weighted by Crippen LogP contribution is -2.08. The van der Waals surface area contributed by atoms with Gasteiger partial charge < -0.3 is 4.57 Å². The van der Waals surface area contributed by atoms with Gasteiger partial charge in [-0.2, -0.15) is 9.97 Å². The monoisotopic (exact) mass is 641 g/mol. The molecule has 1 aliphatic rings. The van der Waals surface area contributed by atoms with Crippen LogP contribution in [0.1, 0.15) is 17.7 Å². The Labute approximate surface area is 289 Å². The highest BCUT2D eigenvalue weighted by Crippen LogP contribution is 2.39. The van der Waals surface area contributed by atoms with E-state index < -0.39 is 0 Å². The lowest BCUT2D eigenvalue weighted by atomic mass is 9.98. The van der Waals surface area contributed by atoms with E-state index >= 15 is 0 Å². The van der Waals surface area contributed by atoms with E-state index in [2.05, 4.69) is 137 Å². The minimum absolute atomic E-state index is 0.619. The first-order valence-electron chi connectivity index (χ1n) is 17.1. The molecule has 50 heavy (non-hydrogen) atoms. The maximum absolute atomic E-state index is 5.14. The van der Waals surface area contributed by atoms with Crippen molar-refractivity contribution in [2.75, 3.05) is 0 Å². The van der Waals surface area contributed by atoms with E-state index in [0.29, 0.717) is 17.6 Å². The standard InChI is InChI=1S/C45H31N5/c1-4-14-30(15-5-1)43-46-44(31-16-6-2-7-17-31)48-45(47-43)50-40-23-13-10-20-35(40)37-26-24-33(29-42(37)50)32-25-27-41-38(28-32)36-21-11-12-22-39(36)49(41)34-18-8-3-9-19-34/h1-9,11-19,21-29H,10,20H2. The van der Waals surface area contributed by atoms with Gasteiger partial charge in [0.2, 0.25) is 5.95 Å². The Morgan fingerprint density at radius 1 is 0.440 bits per heavy atom. The molecule has 0 spiro atoms. The lowest BCUT2D eigenvalue weighted by molar-refractivity contribution is 0.902. The molecule has 0 unspecified atom stereocenters. The number of hydrogen-bond donors (Lipinski definition) is 0. The first kappa shape index (κ1) is 28.4. The van der Waals surface area contributed by atoms with Crippen molar-refractivity contribution in [1.82, 2.24) is 24.1 Å². The van der Waals surface area contributed by atoms with E-state index in [1.54, 1.807) is 0 Å². The molecule has 5 nitrogen and oxygen atoms in total. The van der Waals surface area contributed by atoms with E-state index in [1.807, 2.05) is 36.4 Å². The van der Waals surface area contributed by atoms with Gasteiger partial charge in [0.15, 0.2) is 11.6 Å². The topological polar surface area (TPSA) is 48.5 Å². The number of fused-ring (bicyclic) bond motifs is 6. The van der Waals surface area contributed by atoms with Gasteiger partial charge in [-0.25, -0.2) is 4.98 Å². The van der Waals surface area contributed by atoms with E-state index in [0.717, 1.165) is 46.4 Å². The molecule has 0 atom stereocenters. The van der Waals surface area contributed by atoms with Gasteiger partial charge >= 0.3 is 0 Å². The first-order valence-corrected chi connectivity index (χ1v) is 17.1. The molecule has 236 valence electrons. The van der Waals surface area contributed by atoms with Crippen molar-refractivity contribution in [2.45, 2.75) is 12.8 Å². The Bertz CT molecular complexity index is 2680. The minimum atomic E-state index is 0.619. The summed E-state index contributed by atoms with van der Waals surface area (Å²) >= 11 is 0. The summed E-state index contributed by atoms with van der Waals surface area (Å²) in [5, 5.41) is 3.71. The average molecular weight is 642 g/mol. The molecule has 0 radical (unpaired) electrons. The summed E-state index contributed by atoms with van der Waals surface area (Å²) in [7, 11) is 0. The van der Waals surface area contributed by atoms with Crippen LogP contribution in [-0.4, -0.2) is 24.1 Å². The smallest absolute Gasteiger partial charge is 0.238 e. The molecular formula is C45H31N5. The van der Waals surface area contributed by atoms with Gasteiger partial charge in [-0.05, 0) is 72.0 Å². The maximum Gasteiger partial charge on any atom is 0.238 e. The highest BCUT2D eigenvalue weighted by Gasteiger charge is 2.23. The van der Waals surface area contributed by atoms with Crippen molar-refractivity contribution in [1.29, 1.82) is 0 Å². The second-order valence-corrected chi connectivity index (χ2v) is 12.8. The molecule has 0 amide bonds.